The van der Waals surface area contributed by atoms with Crippen molar-refractivity contribution in [1.29, 1.82) is 0 Å². The maximum Gasteiger partial charge on any atom is 0.309 e. The molecule has 1 unspecified atom stereocenters. The summed E-state index contributed by atoms with van der Waals surface area (Å²) in [7, 11) is 0. The van der Waals surface area contributed by atoms with E-state index in [1.165, 1.54) is 11.1 Å². The third kappa shape index (κ3) is 5.60. The van der Waals surface area contributed by atoms with E-state index in [2.05, 4.69) is 33.4 Å². The van der Waals surface area contributed by atoms with Crippen molar-refractivity contribution in [3.63, 3.8) is 0 Å². The van der Waals surface area contributed by atoms with Gasteiger partial charge in [0, 0.05) is 29.6 Å². The highest BCUT2D eigenvalue weighted by atomic mass is 35.5. The fourth-order valence-corrected chi connectivity index (χ4v) is 5.31. The maximum atomic E-state index is 12.1. The molecule has 1 aliphatic heterocycles. The van der Waals surface area contributed by atoms with Gasteiger partial charge in [-0.2, -0.15) is 4.98 Å². The second-order valence-corrected chi connectivity index (χ2v) is 10.3. The van der Waals surface area contributed by atoms with Crippen molar-refractivity contribution in [3.8, 4) is 17.2 Å². The summed E-state index contributed by atoms with van der Waals surface area (Å²) >= 11 is 6.41. The van der Waals surface area contributed by atoms with Crippen molar-refractivity contribution in [3.05, 3.63) is 58.1 Å². The molecule has 37 heavy (non-hydrogen) atoms. The summed E-state index contributed by atoms with van der Waals surface area (Å²) in [4.78, 5) is 22.7. The maximum absolute atomic E-state index is 12.1. The molecule has 1 saturated heterocycles. The minimum atomic E-state index is -0.0615. The van der Waals surface area contributed by atoms with Crippen LogP contribution in [0.5, 0.6) is 5.75 Å². The number of aromatic nitrogens is 3. The molecule has 3 aromatic rings. The average molecular weight is 525 g/mol. The van der Waals surface area contributed by atoms with Gasteiger partial charge in [-0.25, -0.2) is 0 Å². The molecule has 1 atom stereocenters. The van der Waals surface area contributed by atoms with Gasteiger partial charge < -0.3 is 19.0 Å². The zero-order valence-corrected chi connectivity index (χ0v) is 22.3. The first-order valence-corrected chi connectivity index (χ1v) is 13.4. The van der Waals surface area contributed by atoms with Gasteiger partial charge >= 0.3 is 5.97 Å². The number of benzene rings is 1. The molecule has 2 aromatic heterocycles. The summed E-state index contributed by atoms with van der Waals surface area (Å²) in [6.45, 7) is 8.82. The van der Waals surface area contributed by atoms with E-state index in [1.54, 1.807) is 6.07 Å². The van der Waals surface area contributed by atoms with Crippen LogP contribution in [-0.4, -0.2) is 51.8 Å². The Hall–Kier alpha value is -3.10. The fraction of sp³-hybridized carbons (Fsp3) is 0.464. The summed E-state index contributed by atoms with van der Waals surface area (Å²) in [5.74, 6) is 1.64. The Bertz CT molecular complexity index is 1270. The molecular weight excluding hydrogens is 492 g/mol. The molecule has 8 nitrogen and oxygen atoms in total. The summed E-state index contributed by atoms with van der Waals surface area (Å²) in [5.41, 5.74) is 4.28. The number of nitrogens with one attached hydrogen (secondary N) is 1. The third-order valence-corrected chi connectivity index (χ3v) is 7.23. The van der Waals surface area contributed by atoms with E-state index in [4.69, 9.17) is 30.6 Å². The highest BCUT2D eigenvalue weighted by Crippen LogP contribution is 2.37. The van der Waals surface area contributed by atoms with Crippen molar-refractivity contribution in [2.45, 2.75) is 58.6 Å². The van der Waals surface area contributed by atoms with Gasteiger partial charge in [0.1, 0.15) is 5.75 Å². The number of H-pyrrole nitrogens is 1. The summed E-state index contributed by atoms with van der Waals surface area (Å²) < 4.78 is 16.6. The Balaban J connectivity index is 1.27. The molecule has 0 saturated carbocycles. The predicted molar refractivity (Wildman–Crippen MR) is 141 cm³/mol. The van der Waals surface area contributed by atoms with Crippen molar-refractivity contribution < 1.29 is 18.8 Å². The number of allylic oxidation sites excluding steroid dienone is 1. The molecule has 0 amide bonds. The lowest BCUT2D eigenvalue weighted by molar-refractivity contribution is -0.149. The molecular formula is C28H33ClN4O4. The Kier molecular flexibility index (Phi) is 7.67. The number of likely N-dealkylation sites (tertiary alicyclic amines) is 1. The highest BCUT2D eigenvalue weighted by Gasteiger charge is 2.29. The number of hydrogen-bond donors (Lipinski definition) is 1. The molecule has 1 fully saturated rings. The van der Waals surface area contributed by atoms with Gasteiger partial charge in [-0.05, 0) is 76.9 Å². The number of piperidine rings is 1. The molecule has 0 spiro atoms. The second-order valence-electron chi connectivity index (χ2n) is 9.90. The van der Waals surface area contributed by atoms with Crippen LogP contribution in [0.1, 0.15) is 68.6 Å². The number of fused-ring (bicyclic) bond motifs is 1. The van der Waals surface area contributed by atoms with Crippen LogP contribution < -0.4 is 4.74 Å². The second kappa shape index (κ2) is 11.1. The van der Waals surface area contributed by atoms with Gasteiger partial charge in [0.25, 0.3) is 5.89 Å². The first kappa shape index (κ1) is 25.5. The Morgan fingerprint density at radius 1 is 1.30 bits per heavy atom. The number of esters is 1. The molecule has 1 N–H and O–H groups in total. The first-order chi connectivity index (χ1) is 17.9. The van der Waals surface area contributed by atoms with Crippen molar-refractivity contribution >= 4 is 23.6 Å². The minimum Gasteiger partial charge on any atom is -0.489 e. The molecule has 1 aliphatic carbocycles. The van der Waals surface area contributed by atoms with Crippen LogP contribution in [-0.2, 0) is 16.1 Å². The Morgan fingerprint density at radius 2 is 2.11 bits per heavy atom. The minimum absolute atomic E-state index is 0.0141. The Labute approximate surface area is 222 Å². The van der Waals surface area contributed by atoms with E-state index < -0.39 is 0 Å². The first-order valence-electron chi connectivity index (χ1n) is 13.0. The van der Waals surface area contributed by atoms with Gasteiger partial charge in [-0.15, -0.1) is 0 Å². The lowest BCUT2D eigenvalue weighted by Crippen LogP contribution is -2.36. The number of carbonyl (C=O) groups excluding carboxylic acids is 1. The molecule has 3 heterocycles. The number of carbonyl (C=O) groups is 1. The van der Waals surface area contributed by atoms with Gasteiger partial charge in [0.2, 0.25) is 0 Å². The van der Waals surface area contributed by atoms with Crippen LogP contribution in [0.15, 0.2) is 35.0 Å². The van der Waals surface area contributed by atoms with Crippen LogP contribution in [0.25, 0.3) is 17.5 Å². The quantitative estimate of drug-likeness (QED) is 0.370. The molecule has 9 heteroatoms. The van der Waals surface area contributed by atoms with E-state index >= 15 is 0 Å². The zero-order valence-electron chi connectivity index (χ0n) is 21.5. The van der Waals surface area contributed by atoms with Gasteiger partial charge in [0.15, 0.2) is 5.82 Å². The third-order valence-electron chi connectivity index (χ3n) is 6.94. The topological polar surface area (TPSA) is 93.5 Å². The number of hydrogen-bond acceptors (Lipinski definition) is 7. The molecule has 1 aromatic carbocycles. The standard InChI is InChI=1S/C28H33ClN4O4/c1-4-35-28(34)18-10-12-33(13-11-18)16-20-15-30-25-21(20)6-5-7-22(25)26-31-27(37-32-26)19-8-9-24(23(29)14-19)36-17(2)3/h5-6,8-9,14-15,17-18,22,30H,4,7,10-13,16H2,1-3H3. The van der Waals surface area contributed by atoms with Crippen molar-refractivity contribution in [1.82, 2.24) is 20.0 Å². The van der Waals surface area contributed by atoms with Crippen LogP contribution in [0.4, 0.5) is 0 Å². The summed E-state index contributed by atoms with van der Waals surface area (Å²) in [6.07, 6.45) is 8.93. The van der Waals surface area contributed by atoms with Crippen molar-refractivity contribution in [2.24, 2.45) is 5.92 Å². The van der Waals surface area contributed by atoms with Crippen LogP contribution >= 0.6 is 11.6 Å². The lowest BCUT2D eigenvalue weighted by Gasteiger charge is -2.30. The molecule has 5 rings (SSSR count). The monoisotopic (exact) mass is 524 g/mol. The summed E-state index contributed by atoms with van der Waals surface area (Å²) in [6, 6.07) is 5.50. The number of aromatic amines is 1. The SMILES string of the molecule is CCOC(=O)C1CCN(Cc2c[nH]c3c2C=CCC3c2noc(-c3ccc(OC(C)C)c(Cl)c3)n2)CC1. The van der Waals surface area contributed by atoms with Crippen LogP contribution in [0, 0.1) is 5.92 Å². The lowest BCUT2D eigenvalue weighted by atomic mass is 9.90. The van der Waals surface area contributed by atoms with Gasteiger partial charge in [-0.3, -0.25) is 9.69 Å². The summed E-state index contributed by atoms with van der Waals surface area (Å²) in [5, 5.41) is 4.82. The molecule has 0 bridgehead atoms. The largest absolute Gasteiger partial charge is 0.489 e. The number of nitrogens with zero attached hydrogens (tertiary/aromatic N) is 3. The number of rotatable bonds is 8. The number of ether oxygens (including phenoxy) is 2. The van der Waals surface area contributed by atoms with Crippen molar-refractivity contribution in [2.75, 3.05) is 19.7 Å². The predicted octanol–water partition coefficient (Wildman–Crippen LogP) is 5.83. The average Bonchev–Trinajstić information content (AvgIpc) is 3.53. The smallest absolute Gasteiger partial charge is 0.309 e. The van der Waals surface area contributed by atoms with Gasteiger partial charge in [0.05, 0.1) is 29.6 Å². The van der Waals surface area contributed by atoms with E-state index in [0.717, 1.165) is 50.2 Å². The number of halogens is 1. The van der Waals surface area contributed by atoms with E-state index in [0.29, 0.717) is 29.1 Å². The Morgan fingerprint density at radius 3 is 2.84 bits per heavy atom. The highest BCUT2D eigenvalue weighted by molar-refractivity contribution is 6.32. The fourth-order valence-electron chi connectivity index (χ4n) is 5.09. The van der Waals surface area contributed by atoms with E-state index in [1.807, 2.05) is 32.9 Å². The molecule has 196 valence electrons. The van der Waals surface area contributed by atoms with Crippen LogP contribution in [0.2, 0.25) is 5.02 Å². The normalized spacial score (nSPS) is 18.2. The molecule has 2 aliphatic rings. The van der Waals surface area contributed by atoms with E-state index in [9.17, 15) is 4.79 Å². The van der Waals surface area contributed by atoms with Crippen LogP contribution in [0.3, 0.4) is 0 Å². The zero-order chi connectivity index (χ0) is 25.9. The van der Waals surface area contributed by atoms with Gasteiger partial charge in [-0.1, -0.05) is 28.9 Å². The molecule has 0 radical (unpaired) electrons. The van der Waals surface area contributed by atoms with E-state index in [-0.39, 0.29) is 23.9 Å².